The lowest BCUT2D eigenvalue weighted by molar-refractivity contribution is -0.385. The molecule has 0 unspecified atom stereocenters. The molecule has 5 heteroatoms. The van der Waals surface area contributed by atoms with Crippen LogP contribution in [0.3, 0.4) is 0 Å². The van der Waals surface area contributed by atoms with Crippen LogP contribution < -0.4 is 10.5 Å². The third-order valence-corrected chi connectivity index (χ3v) is 2.76. The summed E-state index contributed by atoms with van der Waals surface area (Å²) in [5.41, 5.74) is 7.19. The van der Waals surface area contributed by atoms with Gasteiger partial charge in [-0.05, 0) is 36.8 Å². The molecule has 2 aromatic rings. The van der Waals surface area contributed by atoms with E-state index in [1.807, 2.05) is 24.3 Å². The molecular formula is C14H14N2O3. The maximum absolute atomic E-state index is 10.7. The highest BCUT2D eigenvalue weighted by atomic mass is 16.6. The molecule has 0 aliphatic rings. The lowest BCUT2D eigenvalue weighted by Crippen LogP contribution is -1.95. The predicted octanol–water partition coefficient (Wildman–Crippen LogP) is 3.15. The smallest absolute Gasteiger partial charge is 0.272 e. The van der Waals surface area contributed by atoms with E-state index in [2.05, 4.69) is 0 Å². The third kappa shape index (κ3) is 3.08. The second kappa shape index (κ2) is 5.49. The molecule has 0 aromatic heterocycles. The van der Waals surface area contributed by atoms with Crippen LogP contribution in [0.15, 0.2) is 42.5 Å². The van der Waals surface area contributed by atoms with Crippen molar-refractivity contribution in [3.63, 3.8) is 0 Å². The van der Waals surface area contributed by atoms with Crippen molar-refractivity contribution in [1.82, 2.24) is 0 Å². The summed E-state index contributed by atoms with van der Waals surface area (Å²) in [6.45, 7) is 2.17. The number of nitrogens with two attached hydrogens (primary N) is 1. The Morgan fingerprint density at radius 3 is 2.32 bits per heavy atom. The molecule has 19 heavy (non-hydrogen) atoms. The minimum Gasteiger partial charge on any atom is -0.457 e. The average Bonchev–Trinajstić information content (AvgIpc) is 2.39. The SMILES string of the molecule is Cc1cc(Oc2ccc(CN)cc2)ccc1[N+](=O)[O-]. The van der Waals surface area contributed by atoms with Gasteiger partial charge in [-0.2, -0.15) is 0 Å². The first-order chi connectivity index (χ1) is 9.10. The lowest BCUT2D eigenvalue weighted by atomic mass is 10.2. The topological polar surface area (TPSA) is 78.4 Å². The van der Waals surface area contributed by atoms with Gasteiger partial charge in [0.1, 0.15) is 11.5 Å². The predicted molar refractivity (Wildman–Crippen MR) is 72.2 cm³/mol. The molecule has 0 aliphatic heterocycles. The Hall–Kier alpha value is -2.40. The Kier molecular flexibility index (Phi) is 3.77. The summed E-state index contributed by atoms with van der Waals surface area (Å²) in [5, 5.41) is 10.7. The van der Waals surface area contributed by atoms with E-state index < -0.39 is 4.92 Å². The van der Waals surface area contributed by atoms with Gasteiger partial charge in [0.05, 0.1) is 4.92 Å². The molecule has 0 radical (unpaired) electrons. The largest absolute Gasteiger partial charge is 0.457 e. The quantitative estimate of drug-likeness (QED) is 0.675. The van der Waals surface area contributed by atoms with Crippen LogP contribution in [0.25, 0.3) is 0 Å². The monoisotopic (exact) mass is 258 g/mol. The minimum absolute atomic E-state index is 0.0887. The van der Waals surface area contributed by atoms with Crippen molar-refractivity contribution in [3.8, 4) is 11.5 Å². The number of hydrogen-bond donors (Lipinski definition) is 1. The summed E-state index contributed by atoms with van der Waals surface area (Å²) in [7, 11) is 0. The average molecular weight is 258 g/mol. The van der Waals surface area contributed by atoms with E-state index >= 15 is 0 Å². The Morgan fingerprint density at radius 2 is 1.79 bits per heavy atom. The fourth-order valence-electron chi connectivity index (χ4n) is 1.73. The van der Waals surface area contributed by atoms with E-state index in [0.717, 1.165) is 5.56 Å². The first-order valence-corrected chi connectivity index (χ1v) is 5.82. The van der Waals surface area contributed by atoms with Crippen molar-refractivity contribution in [3.05, 3.63) is 63.7 Å². The highest BCUT2D eigenvalue weighted by molar-refractivity contribution is 5.45. The van der Waals surface area contributed by atoms with Gasteiger partial charge in [-0.3, -0.25) is 10.1 Å². The van der Waals surface area contributed by atoms with Crippen LogP contribution >= 0.6 is 0 Å². The molecule has 0 atom stereocenters. The Morgan fingerprint density at radius 1 is 1.16 bits per heavy atom. The Balaban J connectivity index is 2.18. The van der Waals surface area contributed by atoms with Gasteiger partial charge in [-0.25, -0.2) is 0 Å². The van der Waals surface area contributed by atoms with Crippen molar-refractivity contribution < 1.29 is 9.66 Å². The van der Waals surface area contributed by atoms with Crippen molar-refractivity contribution in [2.45, 2.75) is 13.5 Å². The van der Waals surface area contributed by atoms with Gasteiger partial charge < -0.3 is 10.5 Å². The van der Waals surface area contributed by atoms with Crippen LogP contribution in [0.2, 0.25) is 0 Å². The van der Waals surface area contributed by atoms with Gasteiger partial charge in [0.15, 0.2) is 0 Å². The molecule has 0 spiro atoms. The van der Waals surface area contributed by atoms with Gasteiger partial charge in [0.2, 0.25) is 0 Å². The van der Waals surface area contributed by atoms with Gasteiger partial charge >= 0.3 is 0 Å². The summed E-state index contributed by atoms with van der Waals surface area (Å²) < 4.78 is 5.63. The number of aryl methyl sites for hydroxylation is 1. The normalized spacial score (nSPS) is 10.2. The molecule has 0 bridgehead atoms. The summed E-state index contributed by atoms with van der Waals surface area (Å²) >= 11 is 0. The van der Waals surface area contributed by atoms with Gasteiger partial charge in [-0.15, -0.1) is 0 Å². The lowest BCUT2D eigenvalue weighted by Gasteiger charge is -2.07. The number of nitro groups is 1. The van der Waals surface area contributed by atoms with E-state index in [4.69, 9.17) is 10.5 Å². The zero-order chi connectivity index (χ0) is 13.8. The van der Waals surface area contributed by atoms with E-state index in [0.29, 0.717) is 23.6 Å². The van der Waals surface area contributed by atoms with Crippen LogP contribution in [0.4, 0.5) is 5.69 Å². The summed E-state index contributed by atoms with van der Waals surface area (Å²) in [5.74, 6) is 1.24. The first-order valence-electron chi connectivity index (χ1n) is 5.82. The summed E-state index contributed by atoms with van der Waals surface area (Å²) in [4.78, 5) is 10.3. The van der Waals surface area contributed by atoms with Crippen LogP contribution in [0, 0.1) is 17.0 Å². The second-order valence-corrected chi connectivity index (χ2v) is 4.16. The van der Waals surface area contributed by atoms with Crippen molar-refractivity contribution in [2.75, 3.05) is 0 Å². The summed E-state index contributed by atoms with van der Waals surface area (Å²) in [6.07, 6.45) is 0. The van der Waals surface area contributed by atoms with Gasteiger partial charge in [-0.1, -0.05) is 12.1 Å². The fourth-order valence-corrected chi connectivity index (χ4v) is 1.73. The molecule has 5 nitrogen and oxygen atoms in total. The number of ether oxygens (including phenoxy) is 1. The number of nitrogens with zero attached hydrogens (tertiary/aromatic N) is 1. The highest BCUT2D eigenvalue weighted by Gasteiger charge is 2.10. The van der Waals surface area contributed by atoms with E-state index in [1.165, 1.54) is 6.07 Å². The van der Waals surface area contributed by atoms with Crippen molar-refractivity contribution in [1.29, 1.82) is 0 Å². The number of rotatable bonds is 4. The molecule has 0 amide bonds. The van der Waals surface area contributed by atoms with Crippen molar-refractivity contribution >= 4 is 5.69 Å². The molecule has 0 saturated carbocycles. The molecule has 0 heterocycles. The summed E-state index contributed by atoms with van der Waals surface area (Å²) in [6, 6.07) is 12.1. The van der Waals surface area contributed by atoms with Crippen LogP contribution in [-0.2, 0) is 6.54 Å². The molecule has 0 fully saturated rings. The number of hydrogen-bond acceptors (Lipinski definition) is 4. The molecule has 98 valence electrons. The molecule has 2 rings (SSSR count). The molecule has 2 N–H and O–H groups in total. The molecule has 0 aliphatic carbocycles. The number of benzene rings is 2. The van der Waals surface area contributed by atoms with Crippen LogP contribution in [-0.4, -0.2) is 4.92 Å². The van der Waals surface area contributed by atoms with Crippen LogP contribution in [0.5, 0.6) is 11.5 Å². The Bertz CT molecular complexity index is 594. The van der Waals surface area contributed by atoms with E-state index in [9.17, 15) is 10.1 Å². The zero-order valence-corrected chi connectivity index (χ0v) is 10.5. The van der Waals surface area contributed by atoms with E-state index in [1.54, 1.807) is 19.1 Å². The zero-order valence-electron chi connectivity index (χ0n) is 10.5. The first kappa shape index (κ1) is 13.0. The highest BCUT2D eigenvalue weighted by Crippen LogP contribution is 2.27. The van der Waals surface area contributed by atoms with Gasteiger partial charge in [0.25, 0.3) is 5.69 Å². The van der Waals surface area contributed by atoms with Crippen molar-refractivity contribution in [2.24, 2.45) is 5.73 Å². The third-order valence-electron chi connectivity index (χ3n) is 2.76. The van der Waals surface area contributed by atoms with Crippen LogP contribution in [0.1, 0.15) is 11.1 Å². The van der Waals surface area contributed by atoms with E-state index in [-0.39, 0.29) is 5.69 Å². The molecule has 0 saturated heterocycles. The molecule has 2 aromatic carbocycles. The minimum atomic E-state index is -0.408. The number of nitro benzene ring substituents is 1. The standard InChI is InChI=1S/C14H14N2O3/c1-10-8-13(6-7-14(10)16(17)18)19-12-4-2-11(9-15)3-5-12/h2-8H,9,15H2,1H3. The Labute approximate surface area is 110 Å². The van der Waals surface area contributed by atoms with Gasteiger partial charge in [0, 0.05) is 18.2 Å². The second-order valence-electron chi connectivity index (χ2n) is 4.16. The molecular weight excluding hydrogens is 244 g/mol. The fraction of sp³-hybridized carbons (Fsp3) is 0.143. The maximum Gasteiger partial charge on any atom is 0.272 e. The maximum atomic E-state index is 10.7.